The van der Waals surface area contributed by atoms with Gasteiger partial charge in [0.05, 0.1) is 0 Å². The molecule has 0 heterocycles. The Labute approximate surface area is 64.6 Å². The van der Waals surface area contributed by atoms with Gasteiger partial charge in [-0.15, -0.1) is 0 Å². The van der Waals surface area contributed by atoms with E-state index in [0.29, 0.717) is 6.54 Å². The molecular weight excluding hydrogens is 130 g/mol. The molecule has 0 bridgehead atoms. The first kappa shape index (κ1) is 9.23. The largest absolute Gasteiger partial charge is 0.341 e. The maximum Gasteiger partial charge on any atom is 0.314 e. The zero-order valence-electron chi connectivity index (χ0n) is 6.77. The lowest BCUT2D eigenvalue weighted by atomic mass is 10.6. The third-order valence-corrected chi connectivity index (χ3v) is 1.07. The number of nitrogens with one attached hydrogen (secondary N) is 2. The summed E-state index contributed by atoms with van der Waals surface area (Å²) in [6, 6.07) is -0.123. The highest BCUT2D eigenvalue weighted by Gasteiger charge is 1.93. The van der Waals surface area contributed by atoms with E-state index in [1.54, 1.807) is 7.05 Å². The van der Waals surface area contributed by atoms with E-state index in [9.17, 15) is 4.79 Å². The molecule has 2 N–H and O–H groups in total. The molecule has 0 atom stereocenters. The van der Waals surface area contributed by atoms with Crippen molar-refractivity contribution in [1.29, 1.82) is 0 Å². The van der Waals surface area contributed by atoms with E-state index in [4.69, 9.17) is 0 Å². The first-order valence-corrected chi connectivity index (χ1v) is 3.27. The number of carbonyl (C=O) groups is 1. The van der Waals surface area contributed by atoms with Crippen LogP contribution in [0.25, 0.3) is 0 Å². The molecule has 0 aromatic carbocycles. The maximum absolute atomic E-state index is 10.6. The van der Waals surface area contributed by atoms with Gasteiger partial charge in [-0.3, -0.25) is 0 Å². The van der Waals surface area contributed by atoms with Crippen molar-refractivity contribution >= 4 is 6.03 Å². The van der Waals surface area contributed by atoms with Crippen LogP contribution in [0, 0.1) is 0 Å². The van der Waals surface area contributed by atoms with Crippen LogP contribution in [0.2, 0.25) is 0 Å². The van der Waals surface area contributed by atoms with Crippen molar-refractivity contribution in [1.82, 2.24) is 15.5 Å². The van der Waals surface area contributed by atoms with E-state index in [-0.39, 0.29) is 8.88 Å². The minimum atomic E-state index is -0.123. The van der Waals surface area contributed by atoms with Crippen LogP contribution in [0.1, 0.15) is 2.85 Å². The molecule has 10 heavy (non-hydrogen) atoms. The molecule has 4 heteroatoms. The molecular formula is C6H19N3O. The van der Waals surface area contributed by atoms with E-state index in [2.05, 4.69) is 10.6 Å². The fourth-order valence-electron chi connectivity index (χ4n) is 0.481. The molecule has 4 nitrogen and oxygen atoms in total. The predicted octanol–water partition coefficient (Wildman–Crippen LogP) is -0.0310. The van der Waals surface area contributed by atoms with Crippen LogP contribution in [0.4, 0.5) is 4.79 Å². The summed E-state index contributed by atoms with van der Waals surface area (Å²) in [5.74, 6) is 0. The van der Waals surface area contributed by atoms with E-state index >= 15 is 0 Å². The molecule has 0 aliphatic carbocycles. The number of carbonyl (C=O) groups excluding carboxylic acids is 1. The third kappa shape index (κ3) is 5.37. The lowest BCUT2D eigenvalue weighted by molar-refractivity contribution is 0.241. The Morgan fingerprint density at radius 2 is 2.20 bits per heavy atom. The van der Waals surface area contributed by atoms with Crippen LogP contribution >= 0.6 is 0 Å². The van der Waals surface area contributed by atoms with Crippen LogP contribution in [0.15, 0.2) is 0 Å². The summed E-state index contributed by atoms with van der Waals surface area (Å²) < 4.78 is 0. The molecule has 0 spiro atoms. The van der Waals surface area contributed by atoms with Crippen molar-refractivity contribution in [3.8, 4) is 0 Å². The summed E-state index contributed by atoms with van der Waals surface area (Å²) in [6.07, 6.45) is 0. The monoisotopic (exact) mass is 149 g/mol. The summed E-state index contributed by atoms with van der Waals surface area (Å²) in [5.41, 5.74) is 0. The lowest BCUT2D eigenvalue weighted by Gasteiger charge is -2.09. The Morgan fingerprint density at radius 3 is 2.60 bits per heavy atom. The molecule has 0 saturated heterocycles. The van der Waals surface area contributed by atoms with Gasteiger partial charge in [0, 0.05) is 23.0 Å². The molecule has 0 rings (SSSR count). The second kappa shape index (κ2) is 5.05. The van der Waals surface area contributed by atoms with Crippen molar-refractivity contribution < 1.29 is 7.65 Å². The third-order valence-electron chi connectivity index (χ3n) is 1.07. The highest BCUT2D eigenvalue weighted by atomic mass is 16.2. The van der Waals surface area contributed by atoms with Crippen LogP contribution in [0.5, 0.6) is 0 Å². The molecule has 0 aliphatic rings. The van der Waals surface area contributed by atoms with Gasteiger partial charge in [0.15, 0.2) is 0 Å². The van der Waals surface area contributed by atoms with Gasteiger partial charge in [-0.25, -0.2) is 4.79 Å². The minimum absolute atomic E-state index is 0. The van der Waals surface area contributed by atoms with Crippen molar-refractivity contribution in [3.05, 3.63) is 0 Å². The van der Waals surface area contributed by atoms with Crippen LogP contribution in [-0.4, -0.2) is 45.2 Å². The van der Waals surface area contributed by atoms with Crippen molar-refractivity contribution in [2.75, 3.05) is 34.2 Å². The quantitative estimate of drug-likeness (QED) is 0.592. The van der Waals surface area contributed by atoms with Crippen molar-refractivity contribution in [2.45, 2.75) is 0 Å². The van der Waals surface area contributed by atoms with Crippen molar-refractivity contribution in [3.63, 3.8) is 0 Å². The van der Waals surface area contributed by atoms with Gasteiger partial charge >= 0.3 is 6.03 Å². The molecule has 2 amide bonds. The van der Waals surface area contributed by atoms with Crippen molar-refractivity contribution in [2.24, 2.45) is 0 Å². The van der Waals surface area contributed by atoms with E-state index in [0.717, 1.165) is 6.54 Å². The number of hydrogen-bond acceptors (Lipinski definition) is 2. The van der Waals surface area contributed by atoms with Gasteiger partial charge < -0.3 is 15.5 Å². The predicted molar refractivity (Wildman–Crippen MR) is 45.2 cm³/mol. The average molecular weight is 149 g/mol. The summed E-state index contributed by atoms with van der Waals surface area (Å²) in [5, 5.41) is 5.14. The molecule has 0 fully saturated rings. The van der Waals surface area contributed by atoms with E-state index in [1.807, 2.05) is 19.0 Å². The highest BCUT2D eigenvalue weighted by Crippen LogP contribution is 1.69. The van der Waals surface area contributed by atoms with Gasteiger partial charge in [-0.05, 0) is 14.1 Å². The zero-order chi connectivity index (χ0) is 7.98. The second-order valence-corrected chi connectivity index (χ2v) is 2.31. The van der Waals surface area contributed by atoms with Gasteiger partial charge in [0.25, 0.3) is 0 Å². The fraction of sp³-hybridized carbons (Fsp3) is 0.833. The summed E-state index contributed by atoms with van der Waals surface area (Å²) >= 11 is 0. The minimum Gasteiger partial charge on any atom is -0.341 e. The highest BCUT2D eigenvalue weighted by molar-refractivity contribution is 5.73. The molecule has 64 valence electrons. The Morgan fingerprint density at radius 1 is 1.60 bits per heavy atom. The Hall–Kier alpha value is -0.770. The van der Waals surface area contributed by atoms with Gasteiger partial charge in [-0.2, -0.15) is 0 Å². The number of hydrogen-bond donors (Lipinski definition) is 2. The molecule has 0 aliphatic heterocycles. The first-order valence-electron chi connectivity index (χ1n) is 3.27. The number of urea groups is 1. The maximum atomic E-state index is 10.6. The number of rotatable bonds is 3. The summed E-state index contributed by atoms with van der Waals surface area (Å²) in [6.45, 7) is 1.56. The molecule has 0 aromatic heterocycles. The topological polar surface area (TPSA) is 44.4 Å². The Bertz CT molecular complexity index is 111. The van der Waals surface area contributed by atoms with Crippen LogP contribution < -0.4 is 10.6 Å². The Balaban J connectivity index is -0.000000405. The number of nitrogens with zero attached hydrogens (tertiary/aromatic N) is 1. The van der Waals surface area contributed by atoms with Gasteiger partial charge in [0.1, 0.15) is 0 Å². The normalized spacial score (nSPS) is 9.60. The second-order valence-electron chi connectivity index (χ2n) is 2.31. The van der Waals surface area contributed by atoms with Crippen LogP contribution in [-0.2, 0) is 0 Å². The molecule has 0 aromatic rings. The summed E-state index contributed by atoms with van der Waals surface area (Å²) in [4.78, 5) is 12.6. The number of likely N-dealkylation sites (N-methyl/N-ethyl adjacent to an activating group) is 1. The molecule has 0 unspecified atom stereocenters. The fourth-order valence-corrected chi connectivity index (χ4v) is 0.481. The summed E-state index contributed by atoms with van der Waals surface area (Å²) in [7, 11) is 5.53. The average Bonchev–Trinajstić information content (AvgIpc) is 1.87. The molecule has 0 radical (unpaired) electrons. The van der Waals surface area contributed by atoms with Gasteiger partial charge in [0.2, 0.25) is 0 Å². The Kier molecular flexibility index (Phi) is 4.66. The van der Waals surface area contributed by atoms with E-state index in [1.165, 1.54) is 0 Å². The molecule has 0 saturated carbocycles. The zero-order valence-corrected chi connectivity index (χ0v) is 6.77. The smallest absolute Gasteiger partial charge is 0.314 e. The van der Waals surface area contributed by atoms with Crippen LogP contribution in [0.3, 0.4) is 0 Å². The lowest BCUT2D eigenvalue weighted by Crippen LogP contribution is -2.37. The van der Waals surface area contributed by atoms with E-state index < -0.39 is 0 Å². The number of amides is 2. The standard InChI is InChI=1S/C6H15N3O.2H2/c1-7-6(10)8-4-5-9(2)3;;/h4-5H2,1-3H3,(H2,7,8,10);2*1H. The van der Waals surface area contributed by atoms with Gasteiger partial charge in [-0.1, -0.05) is 0 Å². The SMILES string of the molecule is CNC(=O)NCCN(C)C.[HH].[HH]. The first-order chi connectivity index (χ1) is 4.66.